The summed E-state index contributed by atoms with van der Waals surface area (Å²) < 4.78 is 2.69. The van der Waals surface area contributed by atoms with Crippen molar-refractivity contribution in [2.75, 3.05) is 14.1 Å². The Morgan fingerprint density at radius 1 is 1.53 bits per heavy atom. The van der Waals surface area contributed by atoms with E-state index in [1.807, 2.05) is 0 Å². The molecule has 2 N–H and O–H groups in total. The van der Waals surface area contributed by atoms with Crippen molar-refractivity contribution in [3.8, 4) is 0 Å². The minimum Gasteiger partial charge on any atom is -0.340 e. The molecule has 0 atom stereocenters. The third-order valence-electron chi connectivity index (χ3n) is 1.74. The number of carbonyl (C=O) groups is 2. The van der Waals surface area contributed by atoms with Crippen LogP contribution in [0.3, 0.4) is 0 Å². The Morgan fingerprint density at radius 3 is 2.35 bits per heavy atom. The molecular weight excluding hydrogens is 228 g/mol. The van der Waals surface area contributed by atoms with Gasteiger partial charge in [0, 0.05) is 28.2 Å². The summed E-state index contributed by atoms with van der Waals surface area (Å²) in [4.78, 5) is 30.8. The van der Waals surface area contributed by atoms with Crippen LogP contribution in [0.25, 0.3) is 0 Å². The van der Waals surface area contributed by atoms with Crippen LogP contribution >= 0.6 is 0 Å². The molecule has 0 aromatic carbocycles. The predicted octanol–water partition coefficient (Wildman–Crippen LogP) is -1.96. The first-order chi connectivity index (χ1) is 7.93. The Bertz CT molecular complexity index is 401. The van der Waals surface area contributed by atoms with Crippen LogP contribution in [0, 0.1) is 0 Å². The summed E-state index contributed by atoms with van der Waals surface area (Å²) in [5.41, 5.74) is 2.04. The Morgan fingerprint density at radius 2 is 2.12 bits per heavy atom. The number of hydrogen-bond donors (Lipinski definition) is 2. The lowest BCUT2D eigenvalue weighted by atomic mass is 10.9. The van der Waals surface area contributed by atoms with Gasteiger partial charge in [-0.2, -0.15) is 5.10 Å². The molecule has 1 rings (SSSR count). The van der Waals surface area contributed by atoms with E-state index in [9.17, 15) is 14.4 Å². The fraction of sp³-hybridized carbons (Fsp3) is 0.500. The summed E-state index contributed by atoms with van der Waals surface area (Å²) >= 11 is 0. The van der Waals surface area contributed by atoms with E-state index in [4.69, 9.17) is 0 Å². The van der Waals surface area contributed by atoms with Gasteiger partial charge in [-0.25, -0.2) is 19.3 Å². The summed E-state index contributed by atoms with van der Waals surface area (Å²) in [5, 5.41) is 7.03. The SMILES string of the molecule is CNC(=O)N(C)NC=O.Cn1cnn(C)c1=O. The fourth-order valence-electron chi connectivity index (χ4n) is 0.787. The van der Waals surface area contributed by atoms with E-state index in [1.54, 1.807) is 14.1 Å². The molecule has 0 saturated carbocycles. The molecule has 96 valence electrons. The zero-order valence-electron chi connectivity index (χ0n) is 10.2. The molecule has 1 heterocycles. The third kappa shape index (κ3) is 4.82. The number of nitrogens with one attached hydrogen (secondary N) is 2. The van der Waals surface area contributed by atoms with Gasteiger partial charge in [0.05, 0.1) is 0 Å². The number of carbonyl (C=O) groups excluding carboxylic acids is 2. The van der Waals surface area contributed by atoms with Crippen molar-refractivity contribution in [1.82, 2.24) is 30.1 Å². The highest BCUT2D eigenvalue weighted by atomic mass is 16.2. The van der Waals surface area contributed by atoms with Crippen LogP contribution < -0.4 is 16.4 Å². The van der Waals surface area contributed by atoms with Gasteiger partial charge in [-0.05, 0) is 0 Å². The van der Waals surface area contributed by atoms with Gasteiger partial charge < -0.3 is 5.32 Å². The van der Waals surface area contributed by atoms with Crippen LogP contribution in [-0.2, 0) is 18.9 Å². The molecule has 3 amide bonds. The molecule has 0 unspecified atom stereocenters. The summed E-state index contributed by atoms with van der Waals surface area (Å²) in [6, 6.07) is -0.359. The number of urea groups is 1. The van der Waals surface area contributed by atoms with Crippen LogP contribution in [0.15, 0.2) is 11.1 Å². The highest BCUT2D eigenvalue weighted by Gasteiger charge is 2.00. The predicted molar refractivity (Wildman–Crippen MR) is 59.9 cm³/mol. The molecule has 0 radical (unpaired) electrons. The van der Waals surface area contributed by atoms with Gasteiger partial charge in [-0.3, -0.25) is 14.8 Å². The highest BCUT2D eigenvalue weighted by molar-refractivity contribution is 5.74. The van der Waals surface area contributed by atoms with Crippen molar-refractivity contribution < 1.29 is 9.59 Å². The van der Waals surface area contributed by atoms with Crippen molar-refractivity contribution in [3.05, 3.63) is 16.8 Å². The monoisotopic (exact) mass is 244 g/mol. The summed E-state index contributed by atoms with van der Waals surface area (Å²) in [5.74, 6) is 0. The van der Waals surface area contributed by atoms with E-state index < -0.39 is 0 Å². The molecule has 0 bridgehead atoms. The second-order valence-corrected chi connectivity index (χ2v) is 3.01. The molecule has 9 heteroatoms. The topological polar surface area (TPSA) is 101 Å². The zero-order valence-corrected chi connectivity index (χ0v) is 10.2. The first kappa shape index (κ1) is 14.7. The van der Waals surface area contributed by atoms with Gasteiger partial charge in [0.2, 0.25) is 6.41 Å². The number of hydrazine groups is 1. The highest BCUT2D eigenvalue weighted by Crippen LogP contribution is 1.71. The van der Waals surface area contributed by atoms with E-state index in [2.05, 4.69) is 15.8 Å². The van der Waals surface area contributed by atoms with E-state index in [-0.39, 0.29) is 11.7 Å². The summed E-state index contributed by atoms with van der Waals surface area (Å²) in [6.45, 7) is 0. The fourth-order valence-corrected chi connectivity index (χ4v) is 0.787. The molecule has 0 spiro atoms. The molecule has 17 heavy (non-hydrogen) atoms. The molecule has 9 nitrogen and oxygen atoms in total. The van der Waals surface area contributed by atoms with Crippen LogP contribution in [0.2, 0.25) is 0 Å². The molecular formula is C8H16N6O3. The number of hydrogen-bond acceptors (Lipinski definition) is 4. The van der Waals surface area contributed by atoms with E-state index in [0.29, 0.717) is 6.41 Å². The second-order valence-electron chi connectivity index (χ2n) is 3.01. The van der Waals surface area contributed by atoms with Crippen molar-refractivity contribution in [2.24, 2.45) is 14.1 Å². The summed E-state index contributed by atoms with van der Waals surface area (Å²) in [6.07, 6.45) is 1.90. The third-order valence-corrected chi connectivity index (χ3v) is 1.74. The van der Waals surface area contributed by atoms with Crippen molar-refractivity contribution in [3.63, 3.8) is 0 Å². The van der Waals surface area contributed by atoms with E-state index in [1.165, 1.54) is 29.7 Å². The van der Waals surface area contributed by atoms with Gasteiger partial charge in [-0.15, -0.1) is 0 Å². The second kappa shape index (κ2) is 7.04. The number of nitrogens with zero attached hydrogens (tertiary/aromatic N) is 4. The standard InChI is InChI=1S/C4H9N3O2.C4H7N3O/c1-5-4(9)7(2)6-3-8;1-6-3-5-7(2)4(6)8/h3H,1-2H3,(H,5,9)(H,6,8);3H,1-2H3. The van der Waals surface area contributed by atoms with Crippen LogP contribution in [0.5, 0.6) is 0 Å². The number of aromatic nitrogens is 3. The first-order valence-electron chi connectivity index (χ1n) is 4.64. The molecule has 0 aliphatic carbocycles. The lowest BCUT2D eigenvalue weighted by molar-refractivity contribution is -0.112. The molecule has 1 aromatic rings. The van der Waals surface area contributed by atoms with E-state index >= 15 is 0 Å². The van der Waals surface area contributed by atoms with Gasteiger partial charge >= 0.3 is 11.7 Å². The normalized spacial score (nSPS) is 8.71. The Labute approximate surface area is 98.0 Å². The summed E-state index contributed by atoms with van der Waals surface area (Å²) in [7, 11) is 6.19. The number of rotatable bonds is 2. The smallest absolute Gasteiger partial charge is 0.340 e. The van der Waals surface area contributed by atoms with E-state index in [0.717, 1.165) is 5.01 Å². The van der Waals surface area contributed by atoms with Gasteiger partial charge in [0.15, 0.2) is 0 Å². The van der Waals surface area contributed by atoms with Crippen LogP contribution in [0.1, 0.15) is 0 Å². The number of aryl methyl sites for hydroxylation is 2. The van der Waals surface area contributed by atoms with Gasteiger partial charge in [0.25, 0.3) is 0 Å². The number of amides is 3. The maximum absolute atomic E-state index is 10.6. The molecule has 0 fully saturated rings. The van der Waals surface area contributed by atoms with Gasteiger partial charge in [0.1, 0.15) is 6.33 Å². The van der Waals surface area contributed by atoms with Crippen molar-refractivity contribution >= 4 is 12.4 Å². The molecule has 0 aliphatic heterocycles. The van der Waals surface area contributed by atoms with Crippen molar-refractivity contribution in [2.45, 2.75) is 0 Å². The first-order valence-corrected chi connectivity index (χ1v) is 4.64. The zero-order chi connectivity index (χ0) is 13.4. The maximum Gasteiger partial charge on any atom is 0.345 e. The Kier molecular flexibility index (Phi) is 6.08. The van der Waals surface area contributed by atoms with Crippen molar-refractivity contribution in [1.29, 1.82) is 0 Å². The average molecular weight is 244 g/mol. The minimum absolute atomic E-state index is 0.0926. The maximum atomic E-state index is 10.6. The molecule has 0 aliphatic rings. The largest absolute Gasteiger partial charge is 0.345 e. The van der Waals surface area contributed by atoms with Crippen LogP contribution in [0.4, 0.5) is 4.79 Å². The quantitative estimate of drug-likeness (QED) is 0.466. The van der Waals surface area contributed by atoms with Crippen LogP contribution in [-0.4, -0.2) is 45.9 Å². The lowest BCUT2D eigenvalue weighted by Crippen LogP contribution is -2.43. The average Bonchev–Trinajstić information content (AvgIpc) is 2.60. The molecule has 1 aromatic heterocycles. The lowest BCUT2D eigenvalue weighted by Gasteiger charge is -2.12. The Hall–Kier alpha value is -2.32. The molecule has 0 saturated heterocycles. The minimum atomic E-state index is -0.359. The Balaban J connectivity index is 0.000000302. The van der Waals surface area contributed by atoms with Gasteiger partial charge in [-0.1, -0.05) is 0 Å².